The Kier molecular flexibility index (Phi) is 4.15. The van der Waals surface area contributed by atoms with Crippen LogP contribution in [0.4, 0.5) is 5.69 Å². The molecule has 0 aliphatic carbocycles. The summed E-state index contributed by atoms with van der Waals surface area (Å²) in [6.45, 7) is 1.88. The highest BCUT2D eigenvalue weighted by atomic mass is 35.5. The first-order valence-electron chi connectivity index (χ1n) is 6.00. The fourth-order valence-electron chi connectivity index (χ4n) is 1.89. The molecule has 4 nitrogen and oxygen atoms in total. The zero-order chi connectivity index (χ0) is 14.7. The Morgan fingerprint density at radius 1 is 1.35 bits per heavy atom. The number of para-hydroxylation sites is 1. The summed E-state index contributed by atoms with van der Waals surface area (Å²) in [5.74, 6) is -0.147. The molecule has 3 N–H and O–H groups in total. The number of carboxylic acid groups (broad SMARTS) is 1. The van der Waals surface area contributed by atoms with Crippen LogP contribution in [0.2, 0.25) is 5.02 Å². The summed E-state index contributed by atoms with van der Waals surface area (Å²) in [4.78, 5) is 10.8. The summed E-state index contributed by atoms with van der Waals surface area (Å²) in [5.41, 5.74) is 7.81. The number of aliphatic carboxylic acids is 1. The topological polar surface area (TPSA) is 72.5 Å². The van der Waals surface area contributed by atoms with Gasteiger partial charge in [0.1, 0.15) is 5.75 Å². The van der Waals surface area contributed by atoms with Gasteiger partial charge in [0.2, 0.25) is 0 Å². The van der Waals surface area contributed by atoms with Gasteiger partial charge in [-0.2, -0.15) is 0 Å². The zero-order valence-corrected chi connectivity index (χ0v) is 11.6. The molecule has 0 aromatic heterocycles. The van der Waals surface area contributed by atoms with Crippen LogP contribution >= 0.6 is 11.6 Å². The van der Waals surface area contributed by atoms with Gasteiger partial charge in [0.25, 0.3) is 0 Å². The van der Waals surface area contributed by atoms with Crippen molar-refractivity contribution in [3.63, 3.8) is 0 Å². The van der Waals surface area contributed by atoms with Crippen molar-refractivity contribution in [2.75, 3.05) is 5.73 Å². The molecule has 0 unspecified atom stereocenters. The average Bonchev–Trinajstić information content (AvgIpc) is 2.34. The molecule has 0 bridgehead atoms. The number of rotatable bonds is 4. The van der Waals surface area contributed by atoms with E-state index in [1.807, 2.05) is 6.92 Å². The van der Waals surface area contributed by atoms with Crippen molar-refractivity contribution in [1.29, 1.82) is 0 Å². The molecule has 0 aliphatic heterocycles. The van der Waals surface area contributed by atoms with Crippen molar-refractivity contribution in [2.24, 2.45) is 0 Å². The normalized spacial score (nSPS) is 10.3. The van der Waals surface area contributed by atoms with Gasteiger partial charge in [-0.05, 0) is 30.7 Å². The Labute approximate surface area is 121 Å². The molecule has 2 aromatic carbocycles. The Balaban J connectivity index is 2.38. The molecule has 0 saturated heterocycles. The standard InChI is InChI=1S/C15H14ClNO3/c1-9-6-11(16)15(12(17)7-9)20-13-5-3-2-4-10(13)8-14(18)19/h2-7H,8,17H2,1H3,(H,18,19). The second-order valence-corrected chi connectivity index (χ2v) is 4.85. The number of hydrogen-bond donors (Lipinski definition) is 2. The van der Waals surface area contributed by atoms with Crippen molar-refractivity contribution >= 4 is 23.3 Å². The van der Waals surface area contributed by atoms with E-state index in [1.54, 1.807) is 36.4 Å². The number of nitrogen functional groups attached to an aromatic ring is 1. The summed E-state index contributed by atoms with van der Waals surface area (Å²) < 4.78 is 5.71. The van der Waals surface area contributed by atoms with Crippen molar-refractivity contribution in [3.8, 4) is 11.5 Å². The Morgan fingerprint density at radius 3 is 2.70 bits per heavy atom. The van der Waals surface area contributed by atoms with Gasteiger partial charge in [-0.3, -0.25) is 4.79 Å². The van der Waals surface area contributed by atoms with E-state index in [1.165, 1.54) is 0 Å². The van der Waals surface area contributed by atoms with E-state index in [0.29, 0.717) is 27.8 Å². The molecule has 2 rings (SSSR count). The third-order valence-corrected chi connectivity index (χ3v) is 3.02. The summed E-state index contributed by atoms with van der Waals surface area (Å²) in [6.07, 6.45) is -0.125. The number of hydrogen-bond acceptors (Lipinski definition) is 3. The van der Waals surface area contributed by atoms with Crippen LogP contribution in [0.25, 0.3) is 0 Å². The van der Waals surface area contributed by atoms with E-state index < -0.39 is 5.97 Å². The molecular formula is C15H14ClNO3. The lowest BCUT2D eigenvalue weighted by Gasteiger charge is -2.13. The van der Waals surface area contributed by atoms with Crippen LogP contribution in [-0.4, -0.2) is 11.1 Å². The van der Waals surface area contributed by atoms with Crippen LogP contribution in [-0.2, 0) is 11.2 Å². The van der Waals surface area contributed by atoms with E-state index in [2.05, 4.69) is 0 Å². The quantitative estimate of drug-likeness (QED) is 0.843. The summed E-state index contributed by atoms with van der Waals surface area (Å²) in [5, 5.41) is 9.29. The lowest BCUT2D eigenvalue weighted by atomic mass is 10.1. The number of halogens is 1. The molecule has 0 aliphatic rings. The van der Waals surface area contributed by atoms with Crippen LogP contribution < -0.4 is 10.5 Å². The first-order chi connectivity index (χ1) is 9.47. The molecule has 0 amide bonds. The molecule has 0 saturated carbocycles. The number of nitrogens with two attached hydrogens (primary N) is 1. The van der Waals surface area contributed by atoms with Gasteiger partial charge in [-0.15, -0.1) is 0 Å². The van der Waals surface area contributed by atoms with Crippen LogP contribution in [0.5, 0.6) is 11.5 Å². The van der Waals surface area contributed by atoms with Gasteiger partial charge >= 0.3 is 5.97 Å². The maximum Gasteiger partial charge on any atom is 0.307 e. The summed E-state index contributed by atoms with van der Waals surface area (Å²) in [7, 11) is 0. The number of carboxylic acids is 1. The minimum Gasteiger partial charge on any atom is -0.481 e. The molecule has 5 heteroatoms. The van der Waals surface area contributed by atoms with Gasteiger partial charge in [-0.1, -0.05) is 29.8 Å². The number of benzene rings is 2. The number of carbonyl (C=O) groups is 1. The molecular weight excluding hydrogens is 278 g/mol. The first kappa shape index (κ1) is 14.2. The second-order valence-electron chi connectivity index (χ2n) is 4.45. The van der Waals surface area contributed by atoms with Crippen molar-refractivity contribution in [2.45, 2.75) is 13.3 Å². The molecule has 0 atom stereocenters. The molecule has 2 aromatic rings. The Morgan fingerprint density at radius 2 is 2.05 bits per heavy atom. The van der Waals surface area contributed by atoms with Gasteiger partial charge in [0.15, 0.2) is 5.75 Å². The highest BCUT2D eigenvalue weighted by Gasteiger charge is 2.12. The van der Waals surface area contributed by atoms with Crippen LogP contribution in [0, 0.1) is 6.92 Å². The third kappa shape index (κ3) is 3.22. The molecule has 20 heavy (non-hydrogen) atoms. The average molecular weight is 292 g/mol. The van der Waals surface area contributed by atoms with Crippen molar-refractivity contribution in [3.05, 3.63) is 52.5 Å². The minimum atomic E-state index is -0.927. The lowest BCUT2D eigenvalue weighted by molar-refractivity contribution is -0.136. The number of ether oxygens (including phenoxy) is 1. The van der Waals surface area contributed by atoms with Crippen LogP contribution in [0.1, 0.15) is 11.1 Å². The smallest absolute Gasteiger partial charge is 0.307 e. The summed E-state index contributed by atoms with van der Waals surface area (Å²) >= 11 is 6.12. The number of anilines is 1. The maximum atomic E-state index is 10.8. The van der Waals surface area contributed by atoms with Crippen molar-refractivity contribution in [1.82, 2.24) is 0 Å². The van der Waals surface area contributed by atoms with Gasteiger partial charge in [0.05, 0.1) is 17.1 Å². The fraction of sp³-hybridized carbons (Fsp3) is 0.133. The highest BCUT2D eigenvalue weighted by molar-refractivity contribution is 6.32. The van der Waals surface area contributed by atoms with E-state index in [4.69, 9.17) is 27.2 Å². The maximum absolute atomic E-state index is 10.8. The Hall–Kier alpha value is -2.20. The number of aryl methyl sites for hydroxylation is 1. The molecule has 0 fully saturated rings. The fourth-order valence-corrected chi connectivity index (χ4v) is 2.21. The Bertz CT molecular complexity index is 632. The molecule has 0 radical (unpaired) electrons. The first-order valence-corrected chi connectivity index (χ1v) is 6.38. The molecule has 0 spiro atoms. The minimum absolute atomic E-state index is 0.125. The lowest BCUT2D eigenvalue weighted by Crippen LogP contribution is -2.02. The largest absolute Gasteiger partial charge is 0.481 e. The van der Waals surface area contributed by atoms with E-state index in [0.717, 1.165) is 5.56 Å². The van der Waals surface area contributed by atoms with E-state index >= 15 is 0 Å². The van der Waals surface area contributed by atoms with Crippen LogP contribution in [0.15, 0.2) is 36.4 Å². The summed E-state index contributed by atoms with van der Waals surface area (Å²) in [6, 6.07) is 10.4. The van der Waals surface area contributed by atoms with Gasteiger partial charge < -0.3 is 15.6 Å². The third-order valence-electron chi connectivity index (χ3n) is 2.74. The molecule has 104 valence electrons. The molecule has 0 heterocycles. The van der Waals surface area contributed by atoms with E-state index in [-0.39, 0.29) is 6.42 Å². The highest BCUT2D eigenvalue weighted by Crippen LogP contribution is 2.37. The predicted octanol–water partition coefficient (Wildman–Crippen LogP) is 3.65. The monoisotopic (exact) mass is 291 g/mol. The SMILES string of the molecule is Cc1cc(N)c(Oc2ccccc2CC(=O)O)c(Cl)c1. The van der Waals surface area contributed by atoms with E-state index in [9.17, 15) is 4.79 Å². The predicted molar refractivity (Wildman–Crippen MR) is 78.5 cm³/mol. The van der Waals surface area contributed by atoms with Crippen molar-refractivity contribution < 1.29 is 14.6 Å². The van der Waals surface area contributed by atoms with Gasteiger partial charge in [0, 0.05) is 5.56 Å². The zero-order valence-electron chi connectivity index (χ0n) is 10.9. The van der Waals surface area contributed by atoms with Crippen LogP contribution in [0.3, 0.4) is 0 Å². The second kappa shape index (κ2) is 5.84. The van der Waals surface area contributed by atoms with Gasteiger partial charge in [-0.25, -0.2) is 0 Å².